The van der Waals surface area contributed by atoms with Crippen molar-refractivity contribution in [3.63, 3.8) is 0 Å². The van der Waals surface area contributed by atoms with Gasteiger partial charge in [-0.15, -0.1) is 0 Å². The molecule has 0 N–H and O–H groups in total. The molecule has 1 aliphatic carbocycles. The number of aldehydes is 1. The number of rotatable bonds is 3. The average Bonchev–Trinajstić information content (AvgIpc) is 3.08. The monoisotopic (exact) mass is 244 g/mol. The molecule has 0 saturated heterocycles. The second-order valence-corrected chi connectivity index (χ2v) is 4.80. The average molecular weight is 244 g/mol. The number of carbonyl (C=O) groups is 1. The molecule has 0 bridgehead atoms. The van der Waals surface area contributed by atoms with Gasteiger partial charge >= 0.3 is 0 Å². The Labute approximate surface area is 106 Å². The van der Waals surface area contributed by atoms with Gasteiger partial charge in [0.2, 0.25) is 0 Å². The van der Waals surface area contributed by atoms with E-state index in [0.29, 0.717) is 23.1 Å². The number of aromatic nitrogens is 2. The van der Waals surface area contributed by atoms with Crippen LogP contribution in [-0.4, -0.2) is 16.1 Å². The Morgan fingerprint density at radius 1 is 1.33 bits per heavy atom. The highest BCUT2D eigenvalue weighted by atomic mass is 16.3. The lowest BCUT2D eigenvalue weighted by Crippen LogP contribution is -2.13. The Bertz CT molecular complexity index is 522. The predicted octanol–water partition coefficient (Wildman–Crippen LogP) is 3.46. The molecule has 0 spiro atoms. The first-order chi connectivity index (χ1) is 8.88. The minimum Gasteiger partial charge on any atom is -0.463 e. The maximum atomic E-state index is 11.1. The Morgan fingerprint density at radius 2 is 2.17 bits per heavy atom. The molecule has 94 valence electrons. The van der Waals surface area contributed by atoms with Gasteiger partial charge < -0.3 is 4.42 Å². The summed E-state index contributed by atoms with van der Waals surface area (Å²) in [7, 11) is 0. The van der Waals surface area contributed by atoms with E-state index in [1.54, 1.807) is 6.26 Å². The summed E-state index contributed by atoms with van der Waals surface area (Å²) >= 11 is 0. The molecule has 0 unspecified atom stereocenters. The molecule has 18 heavy (non-hydrogen) atoms. The first-order valence-electron chi connectivity index (χ1n) is 6.46. The largest absolute Gasteiger partial charge is 0.463 e. The van der Waals surface area contributed by atoms with Gasteiger partial charge in [-0.05, 0) is 25.0 Å². The summed E-state index contributed by atoms with van der Waals surface area (Å²) in [6.07, 6.45) is 10.4. The van der Waals surface area contributed by atoms with E-state index in [2.05, 4.69) is 5.10 Å². The van der Waals surface area contributed by atoms with Crippen molar-refractivity contribution in [3.05, 3.63) is 30.2 Å². The van der Waals surface area contributed by atoms with Crippen molar-refractivity contribution in [2.45, 2.75) is 38.1 Å². The Balaban J connectivity index is 1.95. The van der Waals surface area contributed by atoms with E-state index in [-0.39, 0.29) is 0 Å². The van der Waals surface area contributed by atoms with Crippen molar-refractivity contribution in [2.75, 3.05) is 0 Å². The lowest BCUT2D eigenvalue weighted by Gasteiger charge is -2.21. The van der Waals surface area contributed by atoms with Gasteiger partial charge in [-0.3, -0.25) is 9.48 Å². The topological polar surface area (TPSA) is 48.0 Å². The first-order valence-corrected chi connectivity index (χ1v) is 6.46. The minimum absolute atomic E-state index is 0.432. The number of nitrogens with zero attached hydrogens (tertiary/aromatic N) is 2. The zero-order chi connectivity index (χ0) is 12.4. The molecule has 4 heteroatoms. The summed E-state index contributed by atoms with van der Waals surface area (Å²) in [5.74, 6) is 0.659. The summed E-state index contributed by atoms with van der Waals surface area (Å²) in [5.41, 5.74) is 1.26. The van der Waals surface area contributed by atoms with Gasteiger partial charge in [0.1, 0.15) is 5.69 Å². The van der Waals surface area contributed by atoms with Crippen LogP contribution in [0.25, 0.3) is 11.5 Å². The van der Waals surface area contributed by atoms with Crippen LogP contribution in [0.15, 0.2) is 29.0 Å². The van der Waals surface area contributed by atoms with Crippen LogP contribution in [0, 0.1) is 0 Å². The maximum absolute atomic E-state index is 11.1. The van der Waals surface area contributed by atoms with Crippen LogP contribution >= 0.6 is 0 Å². The highest BCUT2D eigenvalue weighted by Gasteiger charge is 2.20. The summed E-state index contributed by atoms with van der Waals surface area (Å²) in [5, 5.41) is 4.54. The van der Waals surface area contributed by atoms with Crippen LogP contribution in [0.3, 0.4) is 0 Å². The van der Waals surface area contributed by atoms with Crippen LogP contribution in [0.5, 0.6) is 0 Å². The van der Waals surface area contributed by atoms with E-state index >= 15 is 0 Å². The Morgan fingerprint density at radius 3 is 2.83 bits per heavy atom. The quantitative estimate of drug-likeness (QED) is 0.777. The molecule has 0 atom stereocenters. The van der Waals surface area contributed by atoms with Gasteiger partial charge in [0.15, 0.2) is 12.0 Å². The Hall–Kier alpha value is -1.84. The molecule has 1 saturated carbocycles. The van der Waals surface area contributed by atoms with Gasteiger partial charge in [0, 0.05) is 6.20 Å². The highest BCUT2D eigenvalue weighted by Crippen LogP contribution is 2.30. The third-order valence-electron chi connectivity index (χ3n) is 3.59. The molecule has 2 aromatic rings. The van der Waals surface area contributed by atoms with Crippen molar-refractivity contribution < 1.29 is 9.21 Å². The summed E-state index contributed by atoms with van der Waals surface area (Å²) in [6, 6.07) is 4.07. The summed E-state index contributed by atoms with van der Waals surface area (Å²) in [4.78, 5) is 11.1. The number of furan rings is 1. The van der Waals surface area contributed by atoms with E-state index in [9.17, 15) is 4.79 Å². The van der Waals surface area contributed by atoms with Crippen molar-refractivity contribution in [2.24, 2.45) is 0 Å². The van der Waals surface area contributed by atoms with Crippen molar-refractivity contribution in [1.82, 2.24) is 9.78 Å². The molecule has 1 aliphatic rings. The fourth-order valence-electron chi connectivity index (χ4n) is 2.63. The van der Waals surface area contributed by atoms with Crippen LogP contribution in [0.4, 0.5) is 0 Å². The predicted molar refractivity (Wildman–Crippen MR) is 67.4 cm³/mol. The second-order valence-electron chi connectivity index (χ2n) is 4.80. The van der Waals surface area contributed by atoms with E-state index in [4.69, 9.17) is 4.42 Å². The molecular weight excluding hydrogens is 228 g/mol. The molecule has 0 radical (unpaired) electrons. The van der Waals surface area contributed by atoms with Crippen molar-refractivity contribution in [1.29, 1.82) is 0 Å². The Kier molecular flexibility index (Phi) is 3.00. The van der Waals surface area contributed by atoms with Crippen LogP contribution in [-0.2, 0) is 0 Å². The number of carbonyl (C=O) groups excluding carboxylic acids is 1. The number of hydrogen-bond acceptors (Lipinski definition) is 3. The van der Waals surface area contributed by atoms with Gasteiger partial charge in [0.25, 0.3) is 0 Å². The first kappa shape index (κ1) is 11.3. The van der Waals surface area contributed by atoms with Crippen molar-refractivity contribution >= 4 is 6.29 Å². The maximum Gasteiger partial charge on any atom is 0.154 e. The van der Waals surface area contributed by atoms with Gasteiger partial charge in [-0.25, -0.2) is 0 Å². The highest BCUT2D eigenvalue weighted by molar-refractivity contribution is 5.83. The second kappa shape index (κ2) is 4.80. The molecule has 0 aromatic carbocycles. The molecule has 0 amide bonds. The minimum atomic E-state index is 0.432. The van der Waals surface area contributed by atoms with E-state index in [1.165, 1.54) is 19.3 Å². The van der Waals surface area contributed by atoms with Crippen molar-refractivity contribution in [3.8, 4) is 11.5 Å². The van der Waals surface area contributed by atoms with Crippen LogP contribution in [0.1, 0.15) is 48.5 Å². The molecular formula is C14H16N2O2. The fraction of sp³-hybridized carbons (Fsp3) is 0.429. The molecule has 0 aliphatic heterocycles. The molecule has 2 aromatic heterocycles. The summed E-state index contributed by atoms with van der Waals surface area (Å²) in [6.45, 7) is 0. The molecule has 3 rings (SSSR count). The lowest BCUT2D eigenvalue weighted by atomic mass is 9.96. The lowest BCUT2D eigenvalue weighted by molar-refractivity contribution is 0.112. The zero-order valence-electron chi connectivity index (χ0n) is 10.2. The van der Waals surface area contributed by atoms with E-state index in [1.807, 2.05) is 23.0 Å². The zero-order valence-corrected chi connectivity index (χ0v) is 10.2. The van der Waals surface area contributed by atoms with E-state index in [0.717, 1.165) is 19.1 Å². The van der Waals surface area contributed by atoms with E-state index < -0.39 is 0 Å². The number of hydrogen-bond donors (Lipinski definition) is 0. The SMILES string of the molecule is O=Cc1cn(C2CCCCC2)nc1-c1ccco1. The van der Waals surface area contributed by atoms with Gasteiger partial charge in [-0.1, -0.05) is 19.3 Å². The third-order valence-corrected chi connectivity index (χ3v) is 3.59. The van der Waals surface area contributed by atoms with Gasteiger partial charge in [-0.2, -0.15) is 5.10 Å². The fourth-order valence-corrected chi connectivity index (χ4v) is 2.63. The molecule has 4 nitrogen and oxygen atoms in total. The van der Waals surface area contributed by atoms with Crippen LogP contribution in [0.2, 0.25) is 0 Å². The normalized spacial score (nSPS) is 16.9. The molecule has 2 heterocycles. The standard InChI is InChI=1S/C14H16N2O2/c17-10-11-9-16(12-5-2-1-3-6-12)15-14(11)13-7-4-8-18-13/h4,7-10,12H,1-3,5-6H2. The van der Waals surface area contributed by atoms with Gasteiger partial charge in [0.05, 0.1) is 17.9 Å². The van der Waals surface area contributed by atoms with Crippen LogP contribution < -0.4 is 0 Å². The summed E-state index contributed by atoms with van der Waals surface area (Å²) < 4.78 is 7.27. The molecule has 1 fully saturated rings. The third kappa shape index (κ3) is 1.98. The smallest absolute Gasteiger partial charge is 0.154 e.